The Hall–Kier alpha value is -1.82. The first-order valence-corrected chi connectivity index (χ1v) is 10.5. The van der Waals surface area contributed by atoms with Gasteiger partial charge in [0.15, 0.2) is 5.13 Å². The molecule has 140 valence electrons. The molecule has 5 nitrogen and oxygen atoms in total. The van der Waals surface area contributed by atoms with Crippen molar-refractivity contribution < 1.29 is 9.53 Å². The van der Waals surface area contributed by atoms with Crippen molar-refractivity contribution in [2.45, 2.75) is 38.5 Å². The van der Waals surface area contributed by atoms with E-state index in [0.29, 0.717) is 5.91 Å². The van der Waals surface area contributed by atoms with Gasteiger partial charge in [0.05, 0.1) is 23.2 Å². The molecule has 2 fully saturated rings. The summed E-state index contributed by atoms with van der Waals surface area (Å²) in [5.74, 6) is 1.34. The molecule has 0 N–H and O–H groups in total. The van der Waals surface area contributed by atoms with Crippen LogP contribution in [0.3, 0.4) is 0 Å². The number of methoxy groups -OCH3 is 1. The Morgan fingerprint density at radius 2 is 1.96 bits per heavy atom. The summed E-state index contributed by atoms with van der Waals surface area (Å²) < 4.78 is 6.46. The smallest absolute Gasteiger partial charge is 0.227 e. The molecule has 1 amide bonds. The van der Waals surface area contributed by atoms with E-state index >= 15 is 0 Å². The standard InChI is InChI=1S/C20H27N3O2S/c1-25-16-8-9-17-18(13-16)26-20(21-17)23-12-6-7-15(14-23)19(24)22-10-4-2-3-5-11-22/h8-9,13,15H,2-7,10-12,14H2,1H3. The second-order valence-electron chi connectivity index (χ2n) is 7.35. The number of likely N-dealkylation sites (tertiary alicyclic amines) is 1. The second-order valence-corrected chi connectivity index (χ2v) is 8.36. The Morgan fingerprint density at radius 1 is 1.15 bits per heavy atom. The van der Waals surface area contributed by atoms with Crippen molar-refractivity contribution in [3.05, 3.63) is 18.2 Å². The third kappa shape index (κ3) is 3.65. The number of benzene rings is 1. The summed E-state index contributed by atoms with van der Waals surface area (Å²) >= 11 is 1.70. The number of hydrogen-bond acceptors (Lipinski definition) is 5. The number of amides is 1. The predicted octanol–water partition coefficient (Wildman–Crippen LogP) is 3.92. The lowest BCUT2D eigenvalue weighted by atomic mass is 9.96. The fraction of sp³-hybridized carbons (Fsp3) is 0.600. The molecule has 2 saturated heterocycles. The lowest BCUT2D eigenvalue weighted by Crippen LogP contribution is -2.45. The van der Waals surface area contributed by atoms with E-state index in [4.69, 9.17) is 9.72 Å². The molecule has 1 unspecified atom stereocenters. The Morgan fingerprint density at radius 3 is 2.73 bits per heavy atom. The highest BCUT2D eigenvalue weighted by Gasteiger charge is 2.30. The number of piperidine rings is 1. The van der Waals surface area contributed by atoms with Crippen molar-refractivity contribution in [3.8, 4) is 5.75 Å². The first-order chi connectivity index (χ1) is 12.7. The van der Waals surface area contributed by atoms with Crippen LogP contribution >= 0.6 is 11.3 Å². The normalized spacial score (nSPS) is 21.7. The summed E-state index contributed by atoms with van der Waals surface area (Å²) in [6, 6.07) is 6.01. The van der Waals surface area contributed by atoms with Crippen molar-refractivity contribution in [1.29, 1.82) is 0 Å². The Balaban J connectivity index is 1.48. The number of thiazole rings is 1. The third-order valence-corrected chi connectivity index (χ3v) is 6.62. The number of fused-ring (bicyclic) bond motifs is 1. The van der Waals surface area contributed by atoms with Gasteiger partial charge in [0.2, 0.25) is 5.91 Å². The van der Waals surface area contributed by atoms with Gasteiger partial charge >= 0.3 is 0 Å². The molecule has 6 heteroatoms. The van der Waals surface area contributed by atoms with Crippen LogP contribution in [0.25, 0.3) is 10.2 Å². The number of aromatic nitrogens is 1. The van der Waals surface area contributed by atoms with Crippen LogP contribution in [0.2, 0.25) is 0 Å². The molecule has 3 heterocycles. The van der Waals surface area contributed by atoms with Gasteiger partial charge in [0, 0.05) is 26.2 Å². The van der Waals surface area contributed by atoms with Crippen LogP contribution in [0.1, 0.15) is 38.5 Å². The number of ether oxygens (including phenoxy) is 1. The fourth-order valence-electron chi connectivity index (χ4n) is 4.06. The average Bonchev–Trinajstić information content (AvgIpc) is 2.92. The Bertz CT molecular complexity index is 768. The highest BCUT2D eigenvalue weighted by Crippen LogP contribution is 2.34. The number of carbonyl (C=O) groups is 1. The van der Waals surface area contributed by atoms with Crippen LogP contribution in [-0.2, 0) is 4.79 Å². The van der Waals surface area contributed by atoms with Crippen molar-refractivity contribution in [3.63, 3.8) is 0 Å². The van der Waals surface area contributed by atoms with E-state index in [1.807, 2.05) is 18.2 Å². The number of rotatable bonds is 3. The molecule has 0 aliphatic carbocycles. The number of anilines is 1. The van der Waals surface area contributed by atoms with E-state index in [-0.39, 0.29) is 5.92 Å². The maximum Gasteiger partial charge on any atom is 0.227 e. The number of hydrogen-bond donors (Lipinski definition) is 0. The second kappa shape index (κ2) is 7.82. The van der Waals surface area contributed by atoms with Gasteiger partial charge in [-0.15, -0.1) is 0 Å². The van der Waals surface area contributed by atoms with Gasteiger partial charge in [-0.25, -0.2) is 4.98 Å². The van der Waals surface area contributed by atoms with Gasteiger partial charge in [0.1, 0.15) is 5.75 Å². The van der Waals surface area contributed by atoms with Gasteiger partial charge in [-0.05, 0) is 43.9 Å². The highest BCUT2D eigenvalue weighted by atomic mass is 32.1. The van der Waals surface area contributed by atoms with E-state index in [2.05, 4.69) is 9.80 Å². The minimum Gasteiger partial charge on any atom is -0.497 e. The molecule has 1 atom stereocenters. The zero-order valence-electron chi connectivity index (χ0n) is 15.4. The molecule has 0 bridgehead atoms. The van der Waals surface area contributed by atoms with Crippen LogP contribution in [0.15, 0.2) is 18.2 Å². The van der Waals surface area contributed by atoms with Gasteiger partial charge in [-0.3, -0.25) is 4.79 Å². The summed E-state index contributed by atoms with van der Waals surface area (Å²) in [4.78, 5) is 22.2. The van der Waals surface area contributed by atoms with E-state index in [1.165, 1.54) is 12.8 Å². The van der Waals surface area contributed by atoms with Gasteiger partial charge in [0.25, 0.3) is 0 Å². The van der Waals surface area contributed by atoms with Crippen molar-refractivity contribution in [2.24, 2.45) is 5.92 Å². The zero-order valence-corrected chi connectivity index (χ0v) is 16.3. The average molecular weight is 374 g/mol. The topological polar surface area (TPSA) is 45.7 Å². The quantitative estimate of drug-likeness (QED) is 0.818. The molecular weight excluding hydrogens is 346 g/mol. The fourth-order valence-corrected chi connectivity index (χ4v) is 5.09. The van der Waals surface area contributed by atoms with Crippen LogP contribution in [-0.4, -0.2) is 49.1 Å². The van der Waals surface area contributed by atoms with E-state index in [9.17, 15) is 4.79 Å². The van der Waals surface area contributed by atoms with Crippen molar-refractivity contribution in [2.75, 3.05) is 38.2 Å². The minimum atomic E-state index is 0.114. The molecule has 0 spiro atoms. The summed E-state index contributed by atoms with van der Waals surface area (Å²) in [5.41, 5.74) is 1.01. The van der Waals surface area contributed by atoms with E-state index < -0.39 is 0 Å². The van der Waals surface area contributed by atoms with Crippen molar-refractivity contribution >= 4 is 32.6 Å². The molecule has 1 aromatic carbocycles. The minimum absolute atomic E-state index is 0.114. The van der Waals surface area contributed by atoms with Crippen LogP contribution in [0.4, 0.5) is 5.13 Å². The molecule has 2 aliphatic heterocycles. The lowest BCUT2D eigenvalue weighted by molar-refractivity contribution is -0.135. The molecule has 2 aliphatic rings. The summed E-state index contributed by atoms with van der Waals surface area (Å²) in [7, 11) is 1.69. The molecule has 26 heavy (non-hydrogen) atoms. The van der Waals surface area contributed by atoms with Crippen LogP contribution < -0.4 is 9.64 Å². The molecule has 0 radical (unpaired) electrons. The Labute approximate surface area is 159 Å². The van der Waals surface area contributed by atoms with Gasteiger partial charge in [-0.1, -0.05) is 24.2 Å². The van der Waals surface area contributed by atoms with Crippen LogP contribution in [0.5, 0.6) is 5.75 Å². The molecule has 0 saturated carbocycles. The van der Waals surface area contributed by atoms with Gasteiger partial charge in [-0.2, -0.15) is 0 Å². The van der Waals surface area contributed by atoms with Crippen LogP contribution in [0, 0.1) is 5.92 Å². The zero-order chi connectivity index (χ0) is 17.9. The molecular formula is C20H27N3O2S. The van der Waals surface area contributed by atoms with E-state index in [1.54, 1.807) is 18.4 Å². The summed E-state index contributed by atoms with van der Waals surface area (Å²) in [5, 5.41) is 1.03. The largest absolute Gasteiger partial charge is 0.497 e. The summed E-state index contributed by atoms with van der Waals surface area (Å²) in [6.45, 7) is 3.67. The molecule has 1 aromatic heterocycles. The number of carbonyl (C=O) groups excluding carboxylic acids is 1. The maximum absolute atomic E-state index is 13.0. The predicted molar refractivity (Wildman–Crippen MR) is 106 cm³/mol. The molecule has 4 rings (SSSR count). The maximum atomic E-state index is 13.0. The van der Waals surface area contributed by atoms with Crippen molar-refractivity contribution in [1.82, 2.24) is 9.88 Å². The highest BCUT2D eigenvalue weighted by molar-refractivity contribution is 7.22. The van der Waals surface area contributed by atoms with E-state index in [0.717, 1.165) is 73.0 Å². The lowest BCUT2D eigenvalue weighted by Gasteiger charge is -2.34. The third-order valence-electron chi connectivity index (χ3n) is 5.54. The Kier molecular flexibility index (Phi) is 5.29. The first kappa shape index (κ1) is 17.6. The first-order valence-electron chi connectivity index (χ1n) is 9.73. The van der Waals surface area contributed by atoms with Gasteiger partial charge < -0.3 is 14.5 Å². The SMILES string of the molecule is COc1ccc2nc(N3CCCC(C(=O)N4CCCCCC4)C3)sc2c1. The number of nitrogens with zero attached hydrogens (tertiary/aromatic N) is 3. The molecule has 2 aromatic rings. The monoisotopic (exact) mass is 373 g/mol. The summed E-state index contributed by atoms with van der Waals surface area (Å²) in [6.07, 6.45) is 6.89.